The molecule has 82 valence electrons. The van der Waals surface area contributed by atoms with Crippen molar-refractivity contribution >= 4 is 0 Å². The average molecular weight is 204 g/mol. The molecule has 1 unspecified atom stereocenters. The summed E-state index contributed by atoms with van der Waals surface area (Å²) in [6.45, 7) is 2.04. The van der Waals surface area contributed by atoms with Crippen LogP contribution < -0.4 is 0 Å². The van der Waals surface area contributed by atoms with E-state index in [1.807, 2.05) is 6.92 Å². The molecule has 0 aliphatic heterocycles. The van der Waals surface area contributed by atoms with Crippen LogP contribution in [0.25, 0.3) is 0 Å². The first-order valence-corrected chi connectivity index (χ1v) is 6.08. The number of aliphatic hydroxyl groups excluding tert-OH is 1. The molecule has 0 bridgehead atoms. The van der Waals surface area contributed by atoms with Crippen LogP contribution in [0.1, 0.15) is 42.9 Å². The molecule has 0 heterocycles. The lowest BCUT2D eigenvalue weighted by Crippen LogP contribution is -2.05. The fraction of sp³-hybridized carbons (Fsp3) is 0.571. The molecule has 2 rings (SSSR count). The van der Waals surface area contributed by atoms with Gasteiger partial charge in [0.15, 0.2) is 0 Å². The van der Waals surface area contributed by atoms with Crippen molar-refractivity contribution in [2.75, 3.05) is 0 Å². The van der Waals surface area contributed by atoms with E-state index in [0.29, 0.717) is 0 Å². The molecule has 1 nitrogen and oxygen atoms in total. The van der Waals surface area contributed by atoms with Gasteiger partial charge >= 0.3 is 0 Å². The zero-order valence-electron chi connectivity index (χ0n) is 9.50. The highest BCUT2D eigenvalue weighted by atomic mass is 16.3. The van der Waals surface area contributed by atoms with Crippen molar-refractivity contribution in [2.45, 2.75) is 51.6 Å². The minimum Gasteiger partial charge on any atom is -0.393 e. The first kappa shape index (κ1) is 10.7. The zero-order chi connectivity index (χ0) is 10.7. The van der Waals surface area contributed by atoms with Crippen LogP contribution in [-0.4, -0.2) is 11.2 Å². The normalized spacial score (nSPS) is 16.4. The Labute approximate surface area is 92.1 Å². The second kappa shape index (κ2) is 4.80. The molecule has 1 aliphatic carbocycles. The van der Waals surface area contributed by atoms with E-state index in [2.05, 4.69) is 18.2 Å². The third kappa shape index (κ3) is 2.60. The summed E-state index contributed by atoms with van der Waals surface area (Å²) in [5, 5.41) is 9.51. The Morgan fingerprint density at radius 1 is 1.27 bits per heavy atom. The highest BCUT2D eigenvalue weighted by molar-refractivity contribution is 5.35. The van der Waals surface area contributed by atoms with Crippen LogP contribution in [0.3, 0.4) is 0 Å². The van der Waals surface area contributed by atoms with E-state index >= 15 is 0 Å². The summed E-state index contributed by atoms with van der Waals surface area (Å²) in [7, 11) is 0. The van der Waals surface area contributed by atoms with Gasteiger partial charge in [-0.3, -0.25) is 0 Å². The number of hydrogen-bond acceptors (Lipinski definition) is 1. The molecule has 0 aromatic heterocycles. The third-order valence-corrected chi connectivity index (χ3v) is 3.40. The maximum Gasteiger partial charge on any atom is 0.0540 e. The Balaban J connectivity index is 1.98. The van der Waals surface area contributed by atoms with Gasteiger partial charge in [0.1, 0.15) is 0 Å². The smallest absolute Gasteiger partial charge is 0.0540 e. The second-order valence-corrected chi connectivity index (χ2v) is 4.56. The van der Waals surface area contributed by atoms with E-state index in [1.54, 1.807) is 5.56 Å². The minimum atomic E-state index is -0.127. The van der Waals surface area contributed by atoms with E-state index in [4.69, 9.17) is 0 Å². The number of aliphatic hydroxyl groups is 1. The molecule has 0 amide bonds. The first-order chi connectivity index (χ1) is 7.29. The Hall–Kier alpha value is -0.820. The summed E-state index contributed by atoms with van der Waals surface area (Å²) in [6, 6.07) is 6.84. The number of fused-ring (bicyclic) bond motifs is 1. The van der Waals surface area contributed by atoms with Crippen LogP contribution in [0, 0.1) is 0 Å². The van der Waals surface area contributed by atoms with Crippen molar-refractivity contribution in [3.05, 3.63) is 34.9 Å². The Morgan fingerprint density at radius 2 is 2.07 bits per heavy atom. The standard InChI is InChI=1S/C14H20O/c1-2-14(15)9-7-11-6-8-12-4-3-5-13(12)10-11/h6,8,10,14-15H,2-5,7,9H2,1H3. The van der Waals surface area contributed by atoms with Gasteiger partial charge in [0.05, 0.1) is 6.10 Å². The van der Waals surface area contributed by atoms with Crippen LogP contribution in [0.5, 0.6) is 0 Å². The fourth-order valence-electron chi connectivity index (χ4n) is 2.32. The molecule has 0 spiro atoms. The quantitative estimate of drug-likeness (QED) is 0.799. The third-order valence-electron chi connectivity index (χ3n) is 3.40. The first-order valence-electron chi connectivity index (χ1n) is 6.08. The van der Waals surface area contributed by atoms with E-state index < -0.39 is 0 Å². The van der Waals surface area contributed by atoms with E-state index in [-0.39, 0.29) is 6.10 Å². The lowest BCUT2D eigenvalue weighted by molar-refractivity contribution is 0.160. The molecule has 1 aromatic rings. The number of hydrogen-bond donors (Lipinski definition) is 1. The van der Waals surface area contributed by atoms with E-state index in [1.165, 1.54) is 30.4 Å². The lowest BCUT2D eigenvalue weighted by Gasteiger charge is -2.08. The monoisotopic (exact) mass is 204 g/mol. The van der Waals surface area contributed by atoms with Gasteiger partial charge in [-0.05, 0) is 55.2 Å². The predicted molar refractivity (Wildman–Crippen MR) is 63.1 cm³/mol. The van der Waals surface area contributed by atoms with Gasteiger partial charge < -0.3 is 5.11 Å². The maximum atomic E-state index is 9.51. The van der Waals surface area contributed by atoms with Crippen molar-refractivity contribution in [1.82, 2.24) is 0 Å². The molecular weight excluding hydrogens is 184 g/mol. The van der Waals surface area contributed by atoms with Crippen molar-refractivity contribution in [3.8, 4) is 0 Å². The highest BCUT2D eigenvalue weighted by Crippen LogP contribution is 2.23. The Morgan fingerprint density at radius 3 is 2.87 bits per heavy atom. The maximum absolute atomic E-state index is 9.51. The van der Waals surface area contributed by atoms with Gasteiger partial charge in [-0.1, -0.05) is 25.1 Å². The highest BCUT2D eigenvalue weighted by Gasteiger charge is 2.11. The molecule has 1 aliphatic rings. The van der Waals surface area contributed by atoms with Crippen LogP contribution in [-0.2, 0) is 19.3 Å². The summed E-state index contributed by atoms with van der Waals surface area (Å²) in [5.41, 5.74) is 4.47. The SMILES string of the molecule is CCC(O)CCc1ccc2c(c1)CCC2. The Kier molecular flexibility index (Phi) is 3.42. The molecule has 0 saturated carbocycles. The summed E-state index contributed by atoms with van der Waals surface area (Å²) < 4.78 is 0. The molecule has 1 atom stereocenters. The van der Waals surface area contributed by atoms with Gasteiger partial charge in [-0.15, -0.1) is 0 Å². The molecule has 15 heavy (non-hydrogen) atoms. The molecule has 1 heteroatoms. The van der Waals surface area contributed by atoms with Crippen LogP contribution >= 0.6 is 0 Å². The predicted octanol–water partition coefficient (Wildman–Crippen LogP) is 2.88. The van der Waals surface area contributed by atoms with Crippen molar-refractivity contribution in [3.63, 3.8) is 0 Å². The summed E-state index contributed by atoms with van der Waals surface area (Å²) in [4.78, 5) is 0. The number of aryl methyl sites for hydroxylation is 3. The van der Waals surface area contributed by atoms with Gasteiger partial charge in [-0.25, -0.2) is 0 Å². The summed E-state index contributed by atoms with van der Waals surface area (Å²) in [6.07, 6.45) is 6.48. The van der Waals surface area contributed by atoms with Crippen LogP contribution in [0.4, 0.5) is 0 Å². The summed E-state index contributed by atoms with van der Waals surface area (Å²) in [5.74, 6) is 0. The van der Waals surface area contributed by atoms with Gasteiger partial charge in [-0.2, -0.15) is 0 Å². The number of rotatable bonds is 4. The summed E-state index contributed by atoms with van der Waals surface area (Å²) >= 11 is 0. The van der Waals surface area contributed by atoms with Gasteiger partial charge in [0.25, 0.3) is 0 Å². The second-order valence-electron chi connectivity index (χ2n) is 4.56. The fourth-order valence-corrected chi connectivity index (χ4v) is 2.32. The molecule has 0 radical (unpaired) electrons. The van der Waals surface area contributed by atoms with Crippen molar-refractivity contribution < 1.29 is 5.11 Å². The topological polar surface area (TPSA) is 20.2 Å². The lowest BCUT2D eigenvalue weighted by atomic mass is 10.0. The molecule has 0 saturated heterocycles. The molecular formula is C14H20O. The molecule has 1 aromatic carbocycles. The van der Waals surface area contributed by atoms with Crippen LogP contribution in [0.15, 0.2) is 18.2 Å². The number of benzene rings is 1. The van der Waals surface area contributed by atoms with Crippen molar-refractivity contribution in [2.24, 2.45) is 0 Å². The van der Waals surface area contributed by atoms with Gasteiger partial charge in [0.2, 0.25) is 0 Å². The minimum absolute atomic E-state index is 0.127. The van der Waals surface area contributed by atoms with E-state index in [9.17, 15) is 5.11 Å². The Bertz CT molecular complexity index is 330. The zero-order valence-corrected chi connectivity index (χ0v) is 9.50. The largest absolute Gasteiger partial charge is 0.393 e. The molecule has 1 N–H and O–H groups in total. The van der Waals surface area contributed by atoms with Gasteiger partial charge in [0, 0.05) is 0 Å². The molecule has 0 fully saturated rings. The average Bonchev–Trinajstić information content (AvgIpc) is 2.72. The van der Waals surface area contributed by atoms with E-state index in [0.717, 1.165) is 19.3 Å². The van der Waals surface area contributed by atoms with Crippen LogP contribution in [0.2, 0.25) is 0 Å². The van der Waals surface area contributed by atoms with Crippen molar-refractivity contribution in [1.29, 1.82) is 0 Å².